The number of alkyl halides is 6. The molecule has 1 unspecified atom stereocenters. The van der Waals surface area contributed by atoms with Crippen LogP contribution in [0.4, 0.5) is 31.1 Å². The van der Waals surface area contributed by atoms with Crippen molar-refractivity contribution in [2.75, 3.05) is 7.05 Å². The SMILES string of the molecule is CNC(=O)NC(c1ccccc1C(F)(F)F)C(F)(F)F. The molecule has 0 aromatic heterocycles. The van der Waals surface area contributed by atoms with Gasteiger partial charge in [-0.05, 0) is 11.6 Å². The first-order valence-electron chi connectivity index (χ1n) is 5.28. The minimum Gasteiger partial charge on any atom is -0.341 e. The molecule has 0 saturated carbocycles. The predicted octanol–water partition coefficient (Wildman–Crippen LogP) is 3.24. The third-order valence-electron chi connectivity index (χ3n) is 2.41. The topological polar surface area (TPSA) is 41.1 Å². The number of halogens is 6. The van der Waals surface area contributed by atoms with Crippen LogP contribution < -0.4 is 10.6 Å². The van der Waals surface area contributed by atoms with Crippen molar-refractivity contribution in [1.29, 1.82) is 0 Å². The molecule has 1 aromatic rings. The molecule has 0 aliphatic rings. The molecule has 0 aliphatic heterocycles. The maximum Gasteiger partial charge on any atom is 0.416 e. The molecule has 1 aromatic carbocycles. The maximum absolute atomic E-state index is 12.9. The van der Waals surface area contributed by atoms with Crippen molar-refractivity contribution in [2.24, 2.45) is 0 Å². The molecule has 0 saturated heterocycles. The Morgan fingerprint density at radius 1 is 1.10 bits per heavy atom. The van der Waals surface area contributed by atoms with Gasteiger partial charge in [0, 0.05) is 7.05 Å². The molecule has 0 spiro atoms. The summed E-state index contributed by atoms with van der Waals surface area (Å²) < 4.78 is 76.7. The molecule has 2 N–H and O–H groups in total. The molecular weight excluding hydrogens is 290 g/mol. The summed E-state index contributed by atoms with van der Waals surface area (Å²) in [7, 11) is 1.05. The van der Waals surface area contributed by atoms with Crippen LogP contribution in [-0.2, 0) is 6.18 Å². The molecule has 20 heavy (non-hydrogen) atoms. The van der Waals surface area contributed by atoms with E-state index < -0.39 is 35.6 Å². The molecule has 0 fully saturated rings. The molecule has 1 atom stereocenters. The van der Waals surface area contributed by atoms with Crippen LogP contribution in [-0.4, -0.2) is 19.3 Å². The van der Waals surface area contributed by atoms with Gasteiger partial charge in [0.05, 0.1) is 5.56 Å². The van der Waals surface area contributed by atoms with Crippen LogP contribution in [0, 0.1) is 0 Å². The highest BCUT2D eigenvalue weighted by Crippen LogP contribution is 2.40. The number of nitrogens with one attached hydrogen (secondary N) is 2. The number of hydrogen-bond acceptors (Lipinski definition) is 1. The largest absolute Gasteiger partial charge is 0.416 e. The quantitative estimate of drug-likeness (QED) is 0.809. The summed E-state index contributed by atoms with van der Waals surface area (Å²) in [6.45, 7) is 0. The van der Waals surface area contributed by atoms with Gasteiger partial charge in [-0.15, -0.1) is 0 Å². The molecule has 3 nitrogen and oxygen atoms in total. The smallest absolute Gasteiger partial charge is 0.341 e. The van der Waals surface area contributed by atoms with Crippen LogP contribution in [0.1, 0.15) is 17.2 Å². The van der Waals surface area contributed by atoms with Crippen molar-refractivity contribution in [3.05, 3.63) is 35.4 Å². The second-order valence-electron chi connectivity index (χ2n) is 3.78. The second-order valence-corrected chi connectivity index (χ2v) is 3.78. The van der Waals surface area contributed by atoms with E-state index in [4.69, 9.17) is 0 Å². The summed E-state index contributed by atoms with van der Waals surface area (Å²) in [5.41, 5.74) is -2.50. The van der Waals surface area contributed by atoms with Crippen LogP contribution in [0.25, 0.3) is 0 Å². The summed E-state index contributed by atoms with van der Waals surface area (Å²) in [6, 6.07) is -0.769. The number of carbonyl (C=O) groups excluding carboxylic acids is 1. The monoisotopic (exact) mass is 300 g/mol. The van der Waals surface area contributed by atoms with E-state index in [0.717, 1.165) is 19.2 Å². The first-order chi connectivity index (χ1) is 9.07. The Balaban J connectivity index is 3.32. The molecule has 0 aliphatic carbocycles. The number of hydrogen-bond donors (Lipinski definition) is 2. The molecule has 2 amide bonds. The van der Waals surface area contributed by atoms with Gasteiger partial charge in [-0.25, -0.2) is 4.79 Å². The first-order valence-corrected chi connectivity index (χ1v) is 5.28. The highest BCUT2D eigenvalue weighted by molar-refractivity contribution is 5.74. The summed E-state index contributed by atoms with van der Waals surface area (Å²) >= 11 is 0. The summed E-state index contributed by atoms with van der Waals surface area (Å²) in [5, 5.41) is 3.32. The lowest BCUT2D eigenvalue weighted by Gasteiger charge is -2.24. The zero-order valence-corrected chi connectivity index (χ0v) is 10.1. The van der Waals surface area contributed by atoms with Gasteiger partial charge in [-0.1, -0.05) is 18.2 Å². The lowest BCUT2D eigenvalue weighted by molar-refractivity contribution is -0.160. The third kappa shape index (κ3) is 3.78. The number of amides is 2. The van der Waals surface area contributed by atoms with Gasteiger partial charge in [0.25, 0.3) is 0 Å². The Kier molecular flexibility index (Phi) is 4.51. The van der Waals surface area contributed by atoms with Crippen molar-refractivity contribution in [2.45, 2.75) is 18.4 Å². The van der Waals surface area contributed by atoms with Gasteiger partial charge < -0.3 is 10.6 Å². The van der Waals surface area contributed by atoms with Crippen LogP contribution in [0.5, 0.6) is 0 Å². The van der Waals surface area contributed by atoms with Crippen molar-refractivity contribution in [3.8, 4) is 0 Å². The Labute approximate surface area is 110 Å². The summed E-state index contributed by atoms with van der Waals surface area (Å²) in [6.07, 6.45) is -10.0. The Morgan fingerprint density at radius 2 is 1.65 bits per heavy atom. The second kappa shape index (κ2) is 5.59. The molecular formula is C11H10F6N2O. The minimum absolute atomic E-state index is 0.527. The van der Waals surface area contributed by atoms with Gasteiger partial charge in [0.15, 0.2) is 6.04 Å². The van der Waals surface area contributed by atoms with Gasteiger partial charge >= 0.3 is 18.4 Å². The van der Waals surface area contributed by atoms with Crippen LogP contribution in [0.2, 0.25) is 0 Å². The van der Waals surface area contributed by atoms with Crippen molar-refractivity contribution in [1.82, 2.24) is 10.6 Å². The van der Waals surface area contributed by atoms with E-state index in [-0.39, 0.29) is 0 Å². The van der Waals surface area contributed by atoms with Crippen LogP contribution in [0.15, 0.2) is 24.3 Å². The van der Waals surface area contributed by atoms with Gasteiger partial charge in [0.1, 0.15) is 0 Å². The molecule has 9 heteroatoms. The summed E-state index contributed by atoms with van der Waals surface area (Å²) in [5.74, 6) is 0. The Bertz CT molecular complexity index is 483. The van der Waals surface area contributed by atoms with Crippen molar-refractivity contribution in [3.63, 3.8) is 0 Å². The maximum atomic E-state index is 12.9. The van der Waals surface area contributed by atoms with Crippen molar-refractivity contribution >= 4 is 6.03 Å². The fourth-order valence-electron chi connectivity index (χ4n) is 1.55. The zero-order valence-electron chi connectivity index (χ0n) is 10.1. The fourth-order valence-corrected chi connectivity index (χ4v) is 1.55. The van der Waals surface area contributed by atoms with E-state index in [2.05, 4.69) is 0 Å². The van der Waals surface area contributed by atoms with E-state index in [9.17, 15) is 31.1 Å². The first kappa shape index (κ1) is 16.1. The van der Waals surface area contributed by atoms with Crippen molar-refractivity contribution < 1.29 is 31.1 Å². The molecule has 0 heterocycles. The highest BCUT2D eigenvalue weighted by Gasteiger charge is 2.46. The van der Waals surface area contributed by atoms with Gasteiger partial charge in [0.2, 0.25) is 0 Å². The van der Waals surface area contributed by atoms with Gasteiger partial charge in [-0.2, -0.15) is 26.3 Å². The predicted molar refractivity (Wildman–Crippen MR) is 57.8 cm³/mol. The molecule has 0 radical (unpaired) electrons. The molecule has 112 valence electrons. The lowest BCUT2D eigenvalue weighted by Crippen LogP contribution is -2.43. The van der Waals surface area contributed by atoms with E-state index in [1.54, 1.807) is 0 Å². The van der Waals surface area contributed by atoms with E-state index >= 15 is 0 Å². The number of rotatable bonds is 2. The van der Waals surface area contributed by atoms with E-state index in [0.29, 0.717) is 12.1 Å². The third-order valence-corrected chi connectivity index (χ3v) is 2.41. The molecule has 0 bridgehead atoms. The Morgan fingerprint density at radius 3 is 2.10 bits per heavy atom. The average Bonchev–Trinajstić information content (AvgIpc) is 2.33. The number of carbonyl (C=O) groups is 1. The van der Waals surface area contributed by atoms with Gasteiger partial charge in [-0.3, -0.25) is 0 Å². The average molecular weight is 300 g/mol. The van der Waals surface area contributed by atoms with E-state index in [1.807, 2.05) is 5.32 Å². The minimum atomic E-state index is -5.06. The highest BCUT2D eigenvalue weighted by atomic mass is 19.4. The standard InChI is InChI=1S/C11H10F6N2O/c1-18-9(20)19-8(11(15,16)17)6-4-2-3-5-7(6)10(12,13)14/h2-5,8H,1H3,(H2,18,19,20). The lowest BCUT2D eigenvalue weighted by atomic mass is 9.99. The normalized spacial score (nSPS) is 13.8. The van der Waals surface area contributed by atoms with Crippen LogP contribution in [0.3, 0.4) is 0 Å². The Hall–Kier alpha value is -1.93. The zero-order chi connectivity index (χ0) is 15.6. The molecule has 1 rings (SSSR count). The number of urea groups is 1. The van der Waals surface area contributed by atoms with Crippen LogP contribution >= 0.6 is 0 Å². The summed E-state index contributed by atoms with van der Waals surface area (Å²) in [4.78, 5) is 11.0. The number of benzene rings is 1. The van der Waals surface area contributed by atoms with E-state index in [1.165, 1.54) is 5.32 Å². The fraction of sp³-hybridized carbons (Fsp3) is 0.364.